The second-order valence-electron chi connectivity index (χ2n) is 5.03. The van der Waals surface area contributed by atoms with Gasteiger partial charge in [0.05, 0.1) is 10.6 Å². The molecule has 0 spiro atoms. The van der Waals surface area contributed by atoms with E-state index in [1.54, 1.807) is 43.3 Å². The lowest BCUT2D eigenvalue weighted by atomic mass is 10.1. The van der Waals surface area contributed by atoms with Gasteiger partial charge in [0, 0.05) is 12.6 Å². The van der Waals surface area contributed by atoms with Gasteiger partial charge in [0.15, 0.2) is 0 Å². The molecule has 0 aliphatic rings. The molecule has 0 heterocycles. The molecule has 0 aliphatic carbocycles. The van der Waals surface area contributed by atoms with Crippen molar-refractivity contribution in [2.24, 2.45) is 0 Å². The van der Waals surface area contributed by atoms with Gasteiger partial charge in [-0.25, -0.2) is 8.42 Å². The van der Waals surface area contributed by atoms with Gasteiger partial charge in [0.2, 0.25) is 0 Å². The highest BCUT2D eigenvalue weighted by molar-refractivity contribution is 7.92. The summed E-state index contributed by atoms with van der Waals surface area (Å²) in [5.41, 5.74) is 2.51. The second-order valence-corrected chi connectivity index (χ2v) is 6.71. The zero-order chi connectivity index (χ0) is 16.3. The molecule has 2 rings (SSSR count). The molecule has 0 bridgehead atoms. The summed E-state index contributed by atoms with van der Waals surface area (Å²) < 4.78 is 27.3. The molecule has 0 fully saturated rings. The molecule has 1 amide bonds. The van der Waals surface area contributed by atoms with Crippen LogP contribution < -0.4 is 10.0 Å². The Balaban J connectivity index is 2.37. The summed E-state index contributed by atoms with van der Waals surface area (Å²) in [7, 11) is -2.16. The van der Waals surface area contributed by atoms with Crippen LogP contribution in [0.4, 0.5) is 5.69 Å². The van der Waals surface area contributed by atoms with Gasteiger partial charge in [-0.05, 0) is 43.7 Å². The minimum atomic E-state index is -3.68. The molecule has 22 heavy (non-hydrogen) atoms. The Morgan fingerprint density at radius 2 is 1.64 bits per heavy atom. The van der Waals surface area contributed by atoms with Gasteiger partial charge in [-0.3, -0.25) is 9.52 Å². The van der Waals surface area contributed by atoms with E-state index < -0.39 is 10.0 Å². The molecule has 0 saturated carbocycles. The molecule has 5 nitrogen and oxygen atoms in total. The van der Waals surface area contributed by atoms with Gasteiger partial charge < -0.3 is 5.32 Å². The Hall–Kier alpha value is -2.34. The lowest BCUT2D eigenvalue weighted by Gasteiger charge is -2.12. The molecular formula is C16H18N2O3S. The number of aryl methyl sites for hydroxylation is 2. The molecule has 0 atom stereocenters. The third-order valence-electron chi connectivity index (χ3n) is 3.30. The van der Waals surface area contributed by atoms with Crippen LogP contribution in [0.2, 0.25) is 0 Å². The average molecular weight is 318 g/mol. The highest BCUT2D eigenvalue weighted by Gasteiger charge is 2.16. The van der Waals surface area contributed by atoms with Crippen molar-refractivity contribution in [1.82, 2.24) is 5.32 Å². The molecule has 0 aliphatic heterocycles. The largest absolute Gasteiger partial charge is 0.355 e. The van der Waals surface area contributed by atoms with Crippen molar-refractivity contribution in [3.8, 4) is 0 Å². The van der Waals surface area contributed by atoms with Crippen LogP contribution in [-0.2, 0) is 10.0 Å². The fourth-order valence-corrected chi connectivity index (χ4v) is 3.06. The van der Waals surface area contributed by atoms with Gasteiger partial charge in [0.1, 0.15) is 0 Å². The molecule has 0 saturated heterocycles. The molecule has 2 N–H and O–H groups in total. The first-order chi connectivity index (χ1) is 10.3. The van der Waals surface area contributed by atoms with Crippen molar-refractivity contribution in [2.45, 2.75) is 18.7 Å². The number of rotatable bonds is 4. The number of carbonyl (C=O) groups is 1. The second kappa shape index (κ2) is 6.19. The molecule has 0 radical (unpaired) electrons. The van der Waals surface area contributed by atoms with Gasteiger partial charge in [-0.2, -0.15) is 0 Å². The molecule has 0 unspecified atom stereocenters. The summed E-state index contributed by atoms with van der Waals surface area (Å²) >= 11 is 0. The maximum atomic E-state index is 12.4. The van der Waals surface area contributed by atoms with E-state index >= 15 is 0 Å². The summed E-state index contributed by atoms with van der Waals surface area (Å²) in [6.07, 6.45) is 0. The van der Waals surface area contributed by atoms with Crippen LogP contribution in [0, 0.1) is 13.8 Å². The van der Waals surface area contributed by atoms with E-state index in [9.17, 15) is 13.2 Å². The SMILES string of the molecule is CNC(=O)c1ccc(C)c(NS(=O)(=O)c2ccc(C)cc2)c1. The van der Waals surface area contributed by atoms with Crippen molar-refractivity contribution >= 4 is 21.6 Å². The Morgan fingerprint density at radius 3 is 2.23 bits per heavy atom. The van der Waals surface area contributed by atoms with E-state index in [2.05, 4.69) is 10.0 Å². The van der Waals surface area contributed by atoms with Gasteiger partial charge in [0.25, 0.3) is 15.9 Å². The average Bonchev–Trinajstić information content (AvgIpc) is 2.49. The number of hydrogen-bond donors (Lipinski definition) is 2. The number of sulfonamides is 1. The maximum Gasteiger partial charge on any atom is 0.261 e. The van der Waals surface area contributed by atoms with Crippen LogP contribution in [0.25, 0.3) is 0 Å². The zero-order valence-corrected chi connectivity index (χ0v) is 13.5. The van der Waals surface area contributed by atoms with Crippen LogP contribution in [0.15, 0.2) is 47.4 Å². The van der Waals surface area contributed by atoms with Crippen molar-refractivity contribution in [1.29, 1.82) is 0 Å². The quantitative estimate of drug-likeness (QED) is 0.909. The summed E-state index contributed by atoms with van der Waals surface area (Å²) in [5, 5.41) is 2.51. The Bertz CT molecular complexity index is 797. The van der Waals surface area contributed by atoms with E-state index in [0.717, 1.165) is 11.1 Å². The fraction of sp³-hybridized carbons (Fsp3) is 0.188. The minimum Gasteiger partial charge on any atom is -0.355 e. The zero-order valence-electron chi connectivity index (χ0n) is 12.7. The first kappa shape index (κ1) is 16.0. The van der Waals surface area contributed by atoms with E-state index in [4.69, 9.17) is 0 Å². The highest BCUT2D eigenvalue weighted by Crippen LogP contribution is 2.21. The van der Waals surface area contributed by atoms with Crippen LogP contribution in [-0.4, -0.2) is 21.4 Å². The van der Waals surface area contributed by atoms with Crippen LogP contribution in [0.3, 0.4) is 0 Å². The van der Waals surface area contributed by atoms with E-state index in [0.29, 0.717) is 11.3 Å². The predicted molar refractivity (Wildman–Crippen MR) is 86.6 cm³/mol. The Morgan fingerprint density at radius 1 is 1.00 bits per heavy atom. The minimum absolute atomic E-state index is 0.183. The first-order valence-corrected chi connectivity index (χ1v) is 8.24. The van der Waals surface area contributed by atoms with Crippen molar-refractivity contribution < 1.29 is 13.2 Å². The van der Waals surface area contributed by atoms with E-state index in [1.165, 1.54) is 13.1 Å². The molecule has 2 aromatic rings. The van der Waals surface area contributed by atoms with Crippen LogP contribution in [0.5, 0.6) is 0 Å². The van der Waals surface area contributed by atoms with Crippen molar-refractivity contribution in [3.05, 3.63) is 59.2 Å². The standard InChI is InChI=1S/C16H18N2O3S/c1-11-4-8-14(9-5-11)22(20,21)18-15-10-13(16(19)17-3)7-6-12(15)2/h4-10,18H,1-3H3,(H,17,19). The number of hydrogen-bond acceptors (Lipinski definition) is 3. The summed E-state index contributed by atoms with van der Waals surface area (Å²) in [6, 6.07) is 11.5. The summed E-state index contributed by atoms with van der Waals surface area (Å²) in [6.45, 7) is 3.67. The lowest BCUT2D eigenvalue weighted by molar-refractivity contribution is 0.0963. The molecule has 116 valence electrons. The number of benzene rings is 2. The number of carbonyl (C=O) groups excluding carboxylic acids is 1. The van der Waals surface area contributed by atoms with Gasteiger partial charge in [-0.1, -0.05) is 23.8 Å². The monoisotopic (exact) mass is 318 g/mol. The van der Waals surface area contributed by atoms with E-state index in [-0.39, 0.29) is 10.8 Å². The van der Waals surface area contributed by atoms with Gasteiger partial charge in [-0.15, -0.1) is 0 Å². The van der Waals surface area contributed by atoms with E-state index in [1.807, 2.05) is 6.92 Å². The maximum absolute atomic E-state index is 12.4. The molecular weight excluding hydrogens is 300 g/mol. The van der Waals surface area contributed by atoms with Crippen LogP contribution in [0.1, 0.15) is 21.5 Å². The third kappa shape index (κ3) is 3.46. The smallest absolute Gasteiger partial charge is 0.261 e. The number of amides is 1. The van der Waals surface area contributed by atoms with Gasteiger partial charge >= 0.3 is 0 Å². The highest BCUT2D eigenvalue weighted by atomic mass is 32.2. The third-order valence-corrected chi connectivity index (χ3v) is 4.68. The summed E-state index contributed by atoms with van der Waals surface area (Å²) in [4.78, 5) is 11.8. The molecule has 0 aromatic heterocycles. The lowest BCUT2D eigenvalue weighted by Crippen LogP contribution is -2.19. The first-order valence-electron chi connectivity index (χ1n) is 6.76. The Kier molecular flexibility index (Phi) is 4.51. The van der Waals surface area contributed by atoms with Crippen molar-refractivity contribution in [2.75, 3.05) is 11.8 Å². The molecule has 2 aromatic carbocycles. The topological polar surface area (TPSA) is 75.3 Å². The number of nitrogens with one attached hydrogen (secondary N) is 2. The predicted octanol–water partition coefficient (Wildman–Crippen LogP) is 2.46. The Labute approximate surface area is 130 Å². The molecule has 6 heteroatoms. The normalized spacial score (nSPS) is 11.0. The number of anilines is 1. The summed E-state index contributed by atoms with van der Waals surface area (Å²) in [5.74, 6) is -0.268. The fourth-order valence-electron chi connectivity index (χ4n) is 1.94. The van der Waals surface area contributed by atoms with Crippen LogP contribution >= 0.6 is 0 Å². The van der Waals surface area contributed by atoms with Crippen molar-refractivity contribution in [3.63, 3.8) is 0 Å².